The van der Waals surface area contributed by atoms with Gasteiger partial charge in [0.2, 0.25) is 0 Å². The first kappa shape index (κ1) is 24.7. The zero-order valence-corrected chi connectivity index (χ0v) is 22.5. The normalized spacial score (nSPS) is 15.6. The summed E-state index contributed by atoms with van der Waals surface area (Å²) in [6, 6.07) is 9.19. The molecule has 0 spiro atoms. The second-order valence-corrected chi connectivity index (χ2v) is 11.5. The van der Waals surface area contributed by atoms with Crippen LogP contribution in [0.1, 0.15) is 56.0 Å². The van der Waals surface area contributed by atoms with Crippen LogP contribution >= 0.6 is 0 Å². The zero-order chi connectivity index (χ0) is 25.8. The van der Waals surface area contributed by atoms with Crippen LogP contribution in [0.2, 0.25) is 0 Å². The largest absolute Gasteiger partial charge is 0.487 e. The highest BCUT2D eigenvalue weighted by Gasteiger charge is 2.30. The molecule has 3 aromatic rings. The number of carboxylic acid groups (broad SMARTS) is 1. The molecule has 1 aliphatic heterocycles. The number of benzene rings is 2. The number of ether oxygens (including phenoxy) is 1. The summed E-state index contributed by atoms with van der Waals surface area (Å²) < 4.78 is 8.87. The van der Waals surface area contributed by atoms with E-state index in [1.54, 1.807) is 0 Å². The van der Waals surface area contributed by atoms with Crippen molar-refractivity contribution in [2.24, 2.45) is 0 Å². The third-order valence-electron chi connectivity index (χ3n) is 7.36. The maximum atomic E-state index is 12.2. The molecule has 6 nitrogen and oxygen atoms in total. The van der Waals surface area contributed by atoms with Crippen LogP contribution in [0.4, 0.5) is 5.69 Å². The molecule has 36 heavy (non-hydrogen) atoms. The lowest BCUT2D eigenvalue weighted by molar-refractivity contribution is -0.136. The second-order valence-electron chi connectivity index (χ2n) is 11.5. The predicted molar refractivity (Wildman–Crippen MR) is 147 cm³/mol. The molecule has 192 valence electrons. The summed E-state index contributed by atoms with van der Waals surface area (Å²) in [5.74, 6) is -0.0132. The van der Waals surface area contributed by atoms with Crippen LogP contribution in [-0.2, 0) is 17.8 Å². The number of aliphatic carboxylic acids is 1. The summed E-state index contributed by atoms with van der Waals surface area (Å²) in [6.07, 6.45) is 2.53. The van der Waals surface area contributed by atoms with Crippen molar-refractivity contribution in [3.8, 4) is 16.9 Å². The van der Waals surface area contributed by atoms with Crippen LogP contribution in [0.15, 0.2) is 24.3 Å². The zero-order valence-electron chi connectivity index (χ0n) is 22.5. The van der Waals surface area contributed by atoms with E-state index in [1.165, 1.54) is 29.7 Å². The lowest BCUT2D eigenvalue weighted by atomic mass is 9.87. The van der Waals surface area contributed by atoms with Crippen molar-refractivity contribution < 1.29 is 14.6 Å². The van der Waals surface area contributed by atoms with Crippen LogP contribution < -0.4 is 15.0 Å². The van der Waals surface area contributed by atoms with E-state index in [-0.39, 0.29) is 12.0 Å². The van der Waals surface area contributed by atoms with Crippen LogP contribution in [0.5, 0.6) is 5.75 Å². The average molecular weight is 490 g/mol. The number of nitrogens with one attached hydrogen (secondary N) is 1. The number of carboxylic acids is 1. The number of rotatable bonds is 8. The lowest BCUT2D eigenvalue weighted by Gasteiger charge is -2.34. The maximum absolute atomic E-state index is 12.2. The Hall–Kier alpha value is -2.99. The predicted octanol–water partition coefficient (Wildman–Crippen LogP) is 5.61. The van der Waals surface area contributed by atoms with Gasteiger partial charge in [0.25, 0.3) is 0 Å². The van der Waals surface area contributed by atoms with Gasteiger partial charge in [-0.25, -0.2) is 0 Å². The van der Waals surface area contributed by atoms with Crippen molar-refractivity contribution in [1.29, 1.82) is 0 Å². The minimum absolute atomic E-state index is 0.0225. The summed E-state index contributed by atoms with van der Waals surface area (Å²) >= 11 is 0. The Morgan fingerprint density at radius 1 is 1.14 bits per heavy atom. The van der Waals surface area contributed by atoms with Crippen molar-refractivity contribution in [2.75, 3.05) is 24.5 Å². The molecule has 2 N–H and O–H groups in total. The summed E-state index contributed by atoms with van der Waals surface area (Å²) in [6.45, 7) is 16.2. The van der Waals surface area contributed by atoms with Crippen LogP contribution in [0.3, 0.4) is 0 Å². The number of nitrogens with zero attached hydrogens (tertiary/aromatic N) is 2. The molecule has 6 heteroatoms. The van der Waals surface area contributed by atoms with Gasteiger partial charge in [0.1, 0.15) is 11.4 Å². The van der Waals surface area contributed by atoms with Crippen LogP contribution in [-0.4, -0.2) is 46.9 Å². The number of anilines is 1. The van der Waals surface area contributed by atoms with Gasteiger partial charge < -0.3 is 24.6 Å². The monoisotopic (exact) mass is 489 g/mol. The summed E-state index contributed by atoms with van der Waals surface area (Å²) in [5, 5.41) is 14.7. The number of aryl methyl sites for hydroxylation is 2. The first-order valence-electron chi connectivity index (χ1n) is 13.2. The fourth-order valence-corrected chi connectivity index (χ4v) is 5.65. The summed E-state index contributed by atoms with van der Waals surface area (Å²) in [7, 11) is 0. The number of hydrogen-bond donors (Lipinski definition) is 2. The van der Waals surface area contributed by atoms with Gasteiger partial charge in [0, 0.05) is 48.9 Å². The third kappa shape index (κ3) is 4.71. The molecule has 0 amide bonds. The van der Waals surface area contributed by atoms with Crippen molar-refractivity contribution >= 4 is 22.6 Å². The van der Waals surface area contributed by atoms with E-state index >= 15 is 0 Å². The summed E-state index contributed by atoms with van der Waals surface area (Å²) in [5.41, 5.74) is 8.26. The van der Waals surface area contributed by atoms with Gasteiger partial charge >= 0.3 is 5.97 Å². The van der Waals surface area contributed by atoms with E-state index in [4.69, 9.17) is 4.74 Å². The third-order valence-corrected chi connectivity index (χ3v) is 7.36. The van der Waals surface area contributed by atoms with E-state index in [0.29, 0.717) is 6.04 Å². The Labute approximate surface area is 214 Å². The first-order valence-corrected chi connectivity index (χ1v) is 13.2. The quantitative estimate of drug-likeness (QED) is 0.431. The van der Waals surface area contributed by atoms with Gasteiger partial charge in [-0.1, -0.05) is 12.1 Å². The Bertz CT molecular complexity index is 1330. The number of aromatic nitrogens is 1. The van der Waals surface area contributed by atoms with E-state index in [9.17, 15) is 9.90 Å². The Kier molecular flexibility index (Phi) is 6.27. The standard InChI is InChI=1S/C30H39N3O3/c1-18-7-10-22(25(15-18)36-30(4,5)6)27-23(17-26(34)35)20(3)28-29-24(27)16-19(2)33(29)14-13-32(28)12-11-31-21-8-9-21/h7,10,15-16,21,31H,8-9,11-14,17H2,1-6H3,(H,34,35). The molecule has 0 atom stereocenters. The van der Waals surface area contributed by atoms with Gasteiger partial charge in [-0.15, -0.1) is 0 Å². The molecular weight excluding hydrogens is 450 g/mol. The van der Waals surface area contributed by atoms with E-state index in [2.05, 4.69) is 59.8 Å². The van der Waals surface area contributed by atoms with Crippen molar-refractivity contribution in [3.63, 3.8) is 0 Å². The SMILES string of the molecule is Cc1ccc(-c2c(CC(=O)O)c(C)c3c4c2cc(C)n4CCN3CCNC2CC2)c(OC(C)(C)C)c1. The molecule has 0 unspecified atom stereocenters. The molecule has 1 fully saturated rings. The van der Waals surface area contributed by atoms with Gasteiger partial charge in [-0.05, 0) is 88.8 Å². The number of hydrogen-bond acceptors (Lipinski definition) is 4. The fraction of sp³-hybridized carbons (Fsp3) is 0.500. The number of carbonyl (C=O) groups is 1. The van der Waals surface area contributed by atoms with Crippen molar-refractivity contribution in [3.05, 3.63) is 46.6 Å². The smallest absolute Gasteiger partial charge is 0.307 e. The minimum atomic E-state index is -0.815. The van der Waals surface area contributed by atoms with E-state index in [1.807, 2.05) is 20.8 Å². The fourth-order valence-electron chi connectivity index (χ4n) is 5.65. The Balaban J connectivity index is 1.74. The molecule has 1 saturated carbocycles. The van der Waals surface area contributed by atoms with Gasteiger partial charge in [0.15, 0.2) is 0 Å². The molecule has 2 aromatic carbocycles. The topological polar surface area (TPSA) is 66.7 Å². The Morgan fingerprint density at radius 3 is 2.56 bits per heavy atom. The minimum Gasteiger partial charge on any atom is -0.487 e. The highest BCUT2D eigenvalue weighted by molar-refractivity contribution is 6.08. The Morgan fingerprint density at radius 2 is 1.89 bits per heavy atom. The lowest BCUT2D eigenvalue weighted by Crippen LogP contribution is -2.38. The molecule has 2 heterocycles. The van der Waals surface area contributed by atoms with Crippen molar-refractivity contribution in [2.45, 2.75) is 79.0 Å². The molecule has 2 aliphatic rings. The molecule has 0 radical (unpaired) electrons. The highest BCUT2D eigenvalue weighted by atomic mass is 16.5. The van der Waals surface area contributed by atoms with E-state index < -0.39 is 5.97 Å². The molecule has 0 bridgehead atoms. The van der Waals surface area contributed by atoms with Gasteiger partial charge in [-0.2, -0.15) is 0 Å². The van der Waals surface area contributed by atoms with Gasteiger partial charge in [-0.3, -0.25) is 4.79 Å². The van der Waals surface area contributed by atoms with E-state index in [0.717, 1.165) is 65.1 Å². The molecular formula is C30H39N3O3. The molecule has 5 rings (SSSR count). The van der Waals surface area contributed by atoms with Crippen molar-refractivity contribution in [1.82, 2.24) is 9.88 Å². The highest BCUT2D eigenvalue weighted by Crippen LogP contribution is 2.47. The summed E-state index contributed by atoms with van der Waals surface area (Å²) in [4.78, 5) is 14.6. The first-order chi connectivity index (χ1) is 17.0. The molecule has 1 aromatic heterocycles. The van der Waals surface area contributed by atoms with Gasteiger partial charge in [0.05, 0.1) is 17.6 Å². The van der Waals surface area contributed by atoms with Crippen LogP contribution in [0, 0.1) is 20.8 Å². The molecule has 1 aliphatic carbocycles. The molecule has 0 saturated heterocycles. The average Bonchev–Trinajstić information content (AvgIpc) is 3.54. The second kappa shape index (κ2) is 9.15. The maximum Gasteiger partial charge on any atom is 0.307 e. The van der Waals surface area contributed by atoms with Crippen LogP contribution in [0.25, 0.3) is 22.0 Å².